The smallest absolute Gasteiger partial charge is 0.315 e. The van der Waals surface area contributed by atoms with Crippen molar-refractivity contribution in [1.82, 2.24) is 10.6 Å². The Kier molecular flexibility index (Phi) is 5.11. The SMILES string of the molecule is O=C(NC[C@H]1CCO[C@@H]1c1ccccc1)N[C@@H]1CC=CCC1. The van der Waals surface area contributed by atoms with Gasteiger partial charge >= 0.3 is 6.03 Å². The number of allylic oxidation sites excluding steroid dienone is 1. The van der Waals surface area contributed by atoms with E-state index in [1.807, 2.05) is 18.2 Å². The molecule has 0 unspecified atom stereocenters. The summed E-state index contributed by atoms with van der Waals surface area (Å²) in [6.45, 7) is 1.43. The lowest BCUT2D eigenvalue weighted by atomic mass is 9.95. The molecular formula is C18H24N2O2. The molecule has 0 bridgehead atoms. The molecule has 1 aliphatic heterocycles. The third-order valence-electron chi connectivity index (χ3n) is 4.47. The van der Waals surface area contributed by atoms with Crippen molar-refractivity contribution in [2.45, 2.75) is 37.8 Å². The molecule has 4 heteroatoms. The minimum atomic E-state index is -0.0565. The van der Waals surface area contributed by atoms with Gasteiger partial charge in [0, 0.05) is 25.1 Å². The van der Waals surface area contributed by atoms with Crippen LogP contribution in [0.4, 0.5) is 4.79 Å². The molecule has 1 aliphatic carbocycles. The maximum atomic E-state index is 12.0. The zero-order chi connectivity index (χ0) is 15.2. The normalized spacial score (nSPS) is 27.5. The molecule has 1 aromatic carbocycles. The number of hydrogen-bond donors (Lipinski definition) is 2. The largest absolute Gasteiger partial charge is 0.373 e. The standard InChI is InChI=1S/C18H24N2O2/c21-18(20-16-9-5-2-6-10-16)19-13-15-11-12-22-17(15)14-7-3-1-4-8-14/h1-5,7-8,15-17H,6,9-13H2,(H2,19,20,21)/t15-,16-,17-/m1/s1. The van der Waals surface area contributed by atoms with Crippen LogP contribution in [0.1, 0.15) is 37.4 Å². The molecule has 3 rings (SSSR count). The van der Waals surface area contributed by atoms with E-state index in [1.54, 1.807) is 0 Å². The van der Waals surface area contributed by atoms with E-state index >= 15 is 0 Å². The number of benzene rings is 1. The van der Waals surface area contributed by atoms with Crippen molar-refractivity contribution in [1.29, 1.82) is 0 Å². The van der Waals surface area contributed by atoms with Crippen molar-refractivity contribution >= 4 is 6.03 Å². The van der Waals surface area contributed by atoms with E-state index in [2.05, 4.69) is 34.9 Å². The van der Waals surface area contributed by atoms with E-state index in [0.717, 1.165) is 32.3 Å². The van der Waals surface area contributed by atoms with Crippen LogP contribution in [-0.2, 0) is 4.74 Å². The van der Waals surface area contributed by atoms with Crippen molar-refractivity contribution in [3.8, 4) is 0 Å². The summed E-state index contributed by atoms with van der Waals surface area (Å²) in [7, 11) is 0. The predicted octanol–water partition coefficient (Wildman–Crippen LogP) is 3.17. The number of carbonyl (C=O) groups is 1. The maximum Gasteiger partial charge on any atom is 0.315 e. The molecule has 1 aromatic rings. The fourth-order valence-electron chi connectivity index (χ4n) is 3.24. The second-order valence-corrected chi connectivity index (χ2v) is 6.09. The van der Waals surface area contributed by atoms with Crippen LogP contribution in [0.2, 0.25) is 0 Å². The first-order valence-electron chi connectivity index (χ1n) is 8.19. The van der Waals surface area contributed by atoms with Gasteiger partial charge in [-0.3, -0.25) is 0 Å². The number of nitrogens with one attached hydrogen (secondary N) is 2. The minimum absolute atomic E-state index is 0.0565. The number of urea groups is 1. The average molecular weight is 300 g/mol. The Morgan fingerprint density at radius 2 is 2.05 bits per heavy atom. The Bertz CT molecular complexity index is 515. The molecule has 4 nitrogen and oxygen atoms in total. The van der Waals surface area contributed by atoms with Gasteiger partial charge < -0.3 is 15.4 Å². The molecule has 118 valence electrons. The summed E-state index contributed by atoms with van der Waals surface area (Å²) >= 11 is 0. The molecule has 1 fully saturated rings. The van der Waals surface area contributed by atoms with Gasteiger partial charge in [0.05, 0.1) is 6.10 Å². The second kappa shape index (κ2) is 7.45. The summed E-state index contributed by atoms with van der Waals surface area (Å²) in [4.78, 5) is 12.0. The van der Waals surface area contributed by atoms with Gasteiger partial charge in [0.2, 0.25) is 0 Å². The minimum Gasteiger partial charge on any atom is -0.373 e. The van der Waals surface area contributed by atoms with Gasteiger partial charge in [0.25, 0.3) is 0 Å². The van der Waals surface area contributed by atoms with Gasteiger partial charge in [-0.25, -0.2) is 4.79 Å². The van der Waals surface area contributed by atoms with Gasteiger partial charge in [0.15, 0.2) is 0 Å². The zero-order valence-electron chi connectivity index (χ0n) is 12.8. The van der Waals surface area contributed by atoms with E-state index in [0.29, 0.717) is 12.5 Å². The first-order chi connectivity index (χ1) is 10.8. The van der Waals surface area contributed by atoms with Crippen molar-refractivity contribution in [3.05, 3.63) is 48.0 Å². The van der Waals surface area contributed by atoms with Gasteiger partial charge in [-0.2, -0.15) is 0 Å². The van der Waals surface area contributed by atoms with Gasteiger partial charge in [-0.05, 0) is 31.2 Å². The fraction of sp³-hybridized carbons (Fsp3) is 0.500. The topological polar surface area (TPSA) is 50.4 Å². The van der Waals surface area contributed by atoms with Crippen molar-refractivity contribution in [3.63, 3.8) is 0 Å². The van der Waals surface area contributed by atoms with Crippen LogP contribution in [0.25, 0.3) is 0 Å². The molecule has 1 heterocycles. The Morgan fingerprint density at radius 3 is 2.82 bits per heavy atom. The molecule has 0 spiro atoms. The average Bonchev–Trinajstić information content (AvgIpc) is 3.03. The van der Waals surface area contributed by atoms with Crippen LogP contribution in [-0.4, -0.2) is 25.2 Å². The Balaban J connectivity index is 1.48. The first-order valence-corrected chi connectivity index (χ1v) is 8.19. The van der Waals surface area contributed by atoms with Crippen LogP contribution in [0.5, 0.6) is 0 Å². The molecule has 0 radical (unpaired) electrons. The highest BCUT2D eigenvalue weighted by molar-refractivity contribution is 5.74. The third-order valence-corrected chi connectivity index (χ3v) is 4.47. The maximum absolute atomic E-state index is 12.0. The highest BCUT2D eigenvalue weighted by atomic mass is 16.5. The predicted molar refractivity (Wildman–Crippen MR) is 86.6 cm³/mol. The molecule has 2 amide bonds. The van der Waals surface area contributed by atoms with Gasteiger partial charge in [0.1, 0.15) is 0 Å². The van der Waals surface area contributed by atoms with Crippen molar-refractivity contribution < 1.29 is 9.53 Å². The third kappa shape index (κ3) is 3.89. The molecule has 2 aliphatic rings. The summed E-state index contributed by atoms with van der Waals surface area (Å²) in [6.07, 6.45) is 8.43. The Morgan fingerprint density at radius 1 is 1.18 bits per heavy atom. The van der Waals surface area contributed by atoms with E-state index in [1.165, 1.54) is 5.56 Å². The molecular weight excluding hydrogens is 276 g/mol. The number of ether oxygens (including phenoxy) is 1. The lowest BCUT2D eigenvalue weighted by Gasteiger charge is -2.22. The summed E-state index contributed by atoms with van der Waals surface area (Å²) in [6, 6.07) is 10.5. The van der Waals surface area contributed by atoms with E-state index < -0.39 is 0 Å². The zero-order valence-corrected chi connectivity index (χ0v) is 12.8. The van der Waals surface area contributed by atoms with E-state index in [9.17, 15) is 4.79 Å². The Labute approximate surface area is 131 Å². The molecule has 3 atom stereocenters. The fourth-order valence-corrected chi connectivity index (χ4v) is 3.24. The molecule has 1 saturated heterocycles. The first kappa shape index (κ1) is 15.1. The number of hydrogen-bond acceptors (Lipinski definition) is 2. The number of amides is 2. The molecule has 0 aromatic heterocycles. The quantitative estimate of drug-likeness (QED) is 0.839. The highest BCUT2D eigenvalue weighted by Gasteiger charge is 2.29. The lowest BCUT2D eigenvalue weighted by molar-refractivity contribution is 0.0909. The lowest BCUT2D eigenvalue weighted by Crippen LogP contribution is -2.44. The van der Waals surface area contributed by atoms with Gasteiger partial charge in [-0.15, -0.1) is 0 Å². The van der Waals surface area contributed by atoms with Crippen molar-refractivity contribution in [2.75, 3.05) is 13.2 Å². The summed E-state index contributed by atoms with van der Waals surface area (Å²) in [5, 5.41) is 6.07. The molecule has 2 N–H and O–H groups in total. The van der Waals surface area contributed by atoms with E-state index in [-0.39, 0.29) is 18.2 Å². The summed E-state index contributed by atoms with van der Waals surface area (Å²) < 4.78 is 5.85. The molecule has 0 saturated carbocycles. The van der Waals surface area contributed by atoms with Gasteiger partial charge in [-0.1, -0.05) is 42.5 Å². The molecule has 22 heavy (non-hydrogen) atoms. The van der Waals surface area contributed by atoms with Crippen LogP contribution >= 0.6 is 0 Å². The van der Waals surface area contributed by atoms with E-state index in [4.69, 9.17) is 4.74 Å². The summed E-state index contributed by atoms with van der Waals surface area (Å²) in [5.41, 5.74) is 1.20. The highest BCUT2D eigenvalue weighted by Crippen LogP contribution is 2.33. The van der Waals surface area contributed by atoms with Crippen molar-refractivity contribution in [2.24, 2.45) is 5.92 Å². The van der Waals surface area contributed by atoms with Crippen LogP contribution in [0.3, 0.4) is 0 Å². The monoisotopic (exact) mass is 300 g/mol. The summed E-state index contributed by atoms with van der Waals surface area (Å²) in [5.74, 6) is 0.347. The number of carbonyl (C=O) groups excluding carboxylic acids is 1. The van der Waals surface area contributed by atoms with Crippen LogP contribution < -0.4 is 10.6 Å². The van der Waals surface area contributed by atoms with Crippen LogP contribution in [0, 0.1) is 5.92 Å². The Hall–Kier alpha value is -1.81. The number of rotatable bonds is 4. The second-order valence-electron chi connectivity index (χ2n) is 6.09. The van der Waals surface area contributed by atoms with Crippen LogP contribution in [0.15, 0.2) is 42.5 Å².